The third-order valence-electron chi connectivity index (χ3n) is 4.97. The van der Waals surface area contributed by atoms with Crippen molar-refractivity contribution in [2.75, 3.05) is 5.73 Å². The van der Waals surface area contributed by atoms with Crippen LogP contribution in [0.15, 0.2) is 67.0 Å². The van der Waals surface area contributed by atoms with E-state index >= 15 is 4.39 Å². The van der Waals surface area contributed by atoms with Gasteiger partial charge in [-0.15, -0.1) is 0 Å². The minimum atomic E-state index is -0.583. The van der Waals surface area contributed by atoms with Crippen LogP contribution in [0.3, 0.4) is 0 Å². The lowest BCUT2D eigenvalue weighted by molar-refractivity contribution is -0.117. The van der Waals surface area contributed by atoms with E-state index in [0.717, 1.165) is 0 Å². The molecule has 0 aliphatic carbocycles. The van der Waals surface area contributed by atoms with Crippen LogP contribution in [-0.4, -0.2) is 31.7 Å². The van der Waals surface area contributed by atoms with Gasteiger partial charge in [0.05, 0.1) is 11.9 Å². The van der Waals surface area contributed by atoms with E-state index in [9.17, 15) is 4.79 Å². The molecule has 0 aliphatic heterocycles. The Morgan fingerprint density at radius 3 is 2.74 bits per heavy atom. The molecule has 0 unspecified atom stereocenters. The van der Waals surface area contributed by atoms with Gasteiger partial charge in [0.1, 0.15) is 46.8 Å². The van der Waals surface area contributed by atoms with E-state index in [-0.39, 0.29) is 29.2 Å². The lowest BCUT2D eigenvalue weighted by atomic mass is 10.1. The van der Waals surface area contributed by atoms with Crippen molar-refractivity contribution in [2.45, 2.75) is 19.5 Å². The number of ether oxygens (including phenoxy) is 1. The predicted molar refractivity (Wildman–Crippen MR) is 124 cm³/mol. The third-order valence-corrected chi connectivity index (χ3v) is 4.97. The van der Waals surface area contributed by atoms with Gasteiger partial charge in [-0.3, -0.25) is 4.79 Å². The Labute approximate surface area is 194 Å². The van der Waals surface area contributed by atoms with E-state index in [4.69, 9.17) is 15.7 Å². The molecule has 0 fully saturated rings. The number of nitrogen functional groups attached to an aromatic ring is 1. The van der Waals surface area contributed by atoms with Gasteiger partial charge in [0.15, 0.2) is 5.65 Å². The average Bonchev–Trinajstić information content (AvgIpc) is 3.18. The summed E-state index contributed by atoms with van der Waals surface area (Å²) in [7, 11) is 0. The van der Waals surface area contributed by atoms with Gasteiger partial charge >= 0.3 is 0 Å². The van der Waals surface area contributed by atoms with Crippen LogP contribution >= 0.6 is 0 Å². The van der Waals surface area contributed by atoms with Gasteiger partial charge in [-0.1, -0.05) is 24.8 Å². The van der Waals surface area contributed by atoms with Crippen LogP contribution in [0.2, 0.25) is 0 Å². The smallest absolute Gasteiger partial charge is 0.261 e. The maximum atomic E-state index is 15.2. The Kier molecular flexibility index (Phi) is 6.18. The van der Waals surface area contributed by atoms with Crippen molar-refractivity contribution in [2.24, 2.45) is 0 Å². The Bertz CT molecular complexity index is 1430. The Balaban J connectivity index is 1.67. The number of amides is 1. The van der Waals surface area contributed by atoms with Crippen molar-refractivity contribution >= 4 is 22.8 Å². The standard InChI is InChI=1S/C24H20FN7O2/c1-14(11-26)24(33)30-15(2)12-32-23-20(22(27)28-13-29-23)21(31-32)18-9-8-17(10-19(18)25)34-16-6-4-3-5-7-16/h3-10,13,15H,1,12H2,2H3,(H,30,33)(H2,27,28,29)/t15-/m1/s1. The number of nitrogens with one attached hydrogen (secondary N) is 1. The zero-order valence-corrected chi connectivity index (χ0v) is 18.2. The second-order valence-electron chi connectivity index (χ2n) is 7.51. The lowest BCUT2D eigenvalue weighted by Gasteiger charge is -2.13. The fourth-order valence-electron chi connectivity index (χ4n) is 3.39. The Hall–Kier alpha value is -4.78. The molecular weight excluding hydrogens is 437 g/mol. The second-order valence-corrected chi connectivity index (χ2v) is 7.51. The third kappa shape index (κ3) is 4.54. The van der Waals surface area contributed by atoms with Gasteiger partial charge < -0.3 is 15.8 Å². The van der Waals surface area contributed by atoms with E-state index in [1.54, 1.807) is 37.3 Å². The lowest BCUT2D eigenvalue weighted by Crippen LogP contribution is -2.36. The quantitative estimate of drug-likeness (QED) is 0.320. The van der Waals surface area contributed by atoms with Gasteiger partial charge in [-0.2, -0.15) is 10.4 Å². The number of hydrogen-bond donors (Lipinski definition) is 2. The van der Waals surface area contributed by atoms with Crippen molar-refractivity contribution < 1.29 is 13.9 Å². The summed E-state index contributed by atoms with van der Waals surface area (Å²) in [4.78, 5) is 20.2. The van der Waals surface area contributed by atoms with E-state index in [1.165, 1.54) is 17.1 Å². The van der Waals surface area contributed by atoms with Crippen LogP contribution in [-0.2, 0) is 11.3 Å². The van der Waals surface area contributed by atoms with Crippen LogP contribution < -0.4 is 15.8 Å². The fraction of sp³-hybridized carbons (Fsp3) is 0.125. The minimum absolute atomic E-state index is 0.143. The molecule has 0 saturated heterocycles. The highest BCUT2D eigenvalue weighted by Gasteiger charge is 2.21. The number of para-hydroxylation sites is 1. The number of carbonyl (C=O) groups excluding carboxylic acids is 1. The molecule has 10 heteroatoms. The van der Waals surface area contributed by atoms with Gasteiger partial charge in [0.25, 0.3) is 5.91 Å². The molecule has 0 radical (unpaired) electrons. The van der Waals surface area contributed by atoms with Crippen molar-refractivity contribution in [3.05, 3.63) is 72.8 Å². The van der Waals surface area contributed by atoms with Gasteiger partial charge in [-0.05, 0) is 31.2 Å². The van der Waals surface area contributed by atoms with E-state index < -0.39 is 17.8 Å². The Morgan fingerprint density at radius 2 is 2.03 bits per heavy atom. The fourth-order valence-corrected chi connectivity index (χ4v) is 3.39. The SMILES string of the molecule is C=C(C#N)C(=O)N[C@H](C)Cn1nc(-c2ccc(Oc3ccccc3)cc2F)c2c(N)ncnc21. The number of nitrogens with two attached hydrogens (primary N) is 1. The summed E-state index contributed by atoms with van der Waals surface area (Å²) in [5.41, 5.74) is 6.72. The van der Waals surface area contributed by atoms with Crippen molar-refractivity contribution in [1.29, 1.82) is 5.26 Å². The Morgan fingerprint density at radius 1 is 1.26 bits per heavy atom. The van der Waals surface area contributed by atoms with Crippen LogP contribution in [0.1, 0.15) is 6.92 Å². The van der Waals surface area contributed by atoms with Crippen molar-refractivity contribution in [3.63, 3.8) is 0 Å². The summed E-state index contributed by atoms with van der Waals surface area (Å²) < 4.78 is 22.4. The molecule has 1 atom stereocenters. The van der Waals surface area contributed by atoms with Crippen LogP contribution in [0, 0.1) is 17.1 Å². The molecule has 2 heterocycles. The first kappa shape index (κ1) is 22.4. The summed E-state index contributed by atoms with van der Waals surface area (Å²) in [5.74, 6) is -0.0906. The molecule has 34 heavy (non-hydrogen) atoms. The number of nitriles is 1. The van der Waals surface area contributed by atoms with Crippen LogP contribution in [0.25, 0.3) is 22.3 Å². The highest BCUT2D eigenvalue weighted by atomic mass is 19.1. The molecule has 1 amide bonds. The predicted octanol–water partition coefficient (Wildman–Crippen LogP) is 3.59. The van der Waals surface area contributed by atoms with E-state index in [2.05, 4.69) is 27.0 Å². The number of fused-ring (bicyclic) bond motifs is 1. The van der Waals surface area contributed by atoms with Crippen molar-refractivity contribution in [1.82, 2.24) is 25.1 Å². The summed E-state index contributed by atoms with van der Waals surface area (Å²) in [5, 5.41) is 16.4. The molecule has 0 spiro atoms. The van der Waals surface area contributed by atoms with Gasteiger partial charge in [-0.25, -0.2) is 19.0 Å². The molecule has 4 rings (SSSR count). The number of hydrogen-bond acceptors (Lipinski definition) is 7. The highest BCUT2D eigenvalue weighted by molar-refractivity contribution is 5.98. The summed E-state index contributed by atoms with van der Waals surface area (Å²) in [6, 6.07) is 14.8. The zero-order valence-electron chi connectivity index (χ0n) is 18.2. The molecular formula is C24H20FN7O2. The summed E-state index contributed by atoms with van der Waals surface area (Å²) in [6.45, 7) is 5.32. The van der Waals surface area contributed by atoms with Crippen LogP contribution in [0.5, 0.6) is 11.5 Å². The summed E-state index contributed by atoms with van der Waals surface area (Å²) in [6.07, 6.45) is 1.29. The molecule has 0 bridgehead atoms. The van der Waals surface area contributed by atoms with Crippen molar-refractivity contribution in [3.8, 4) is 28.8 Å². The largest absolute Gasteiger partial charge is 0.457 e. The normalized spacial score (nSPS) is 11.6. The topological polar surface area (TPSA) is 132 Å². The molecule has 170 valence electrons. The first-order chi connectivity index (χ1) is 16.4. The average molecular weight is 457 g/mol. The number of carbonyl (C=O) groups is 1. The molecule has 3 N–H and O–H groups in total. The first-order valence-electron chi connectivity index (χ1n) is 10.3. The number of anilines is 1. The summed E-state index contributed by atoms with van der Waals surface area (Å²) >= 11 is 0. The molecule has 0 saturated carbocycles. The van der Waals surface area contributed by atoms with E-state index in [0.29, 0.717) is 22.5 Å². The maximum absolute atomic E-state index is 15.2. The molecule has 0 aliphatic rings. The molecule has 2 aromatic heterocycles. The van der Waals surface area contributed by atoms with E-state index in [1.807, 2.05) is 18.2 Å². The second kappa shape index (κ2) is 9.38. The minimum Gasteiger partial charge on any atom is -0.457 e. The number of aromatic nitrogens is 4. The number of nitrogens with zero attached hydrogens (tertiary/aromatic N) is 5. The van der Waals surface area contributed by atoms with Crippen LogP contribution in [0.4, 0.5) is 10.2 Å². The molecule has 4 aromatic rings. The zero-order chi connectivity index (χ0) is 24.2. The highest BCUT2D eigenvalue weighted by Crippen LogP contribution is 2.34. The molecule has 9 nitrogen and oxygen atoms in total. The van der Waals surface area contributed by atoms with Gasteiger partial charge in [0.2, 0.25) is 0 Å². The number of benzene rings is 2. The molecule has 2 aromatic carbocycles. The first-order valence-corrected chi connectivity index (χ1v) is 10.3. The van der Waals surface area contributed by atoms with Gasteiger partial charge in [0, 0.05) is 17.7 Å². The monoisotopic (exact) mass is 457 g/mol. The number of rotatable bonds is 7. The number of halogens is 1. The maximum Gasteiger partial charge on any atom is 0.261 e.